The van der Waals surface area contributed by atoms with Gasteiger partial charge in [-0.25, -0.2) is 0 Å². The molecule has 2 rings (SSSR count). The molecule has 4 heteroatoms. The van der Waals surface area contributed by atoms with Gasteiger partial charge in [-0.3, -0.25) is 0 Å². The summed E-state index contributed by atoms with van der Waals surface area (Å²) in [6, 6.07) is 8.35. The molecular weight excluding hydrogens is 346 g/mol. The lowest BCUT2D eigenvalue weighted by Gasteiger charge is -2.18. The molecule has 1 heterocycles. The van der Waals surface area contributed by atoms with Crippen LogP contribution in [0.25, 0.3) is 0 Å². The van der Waals surface area contributed by atoms with Crippen molar-refractivity contribution in [3.05, 3.63) is 56.9 Å². The van der Waals surface area contributed by atoms with Crippen molar-refractivity contribution < 1.29 is 4.42 Å². The van der Waals surface area contributed by atoms with Crippen LogP contribution in [0, 0.1) is 0 Å². The van der Waals surface area contributed by atoms with E-state index in [1.807, 2.05) is 12.1 Å². The molecule has 0 aliphatic carbocycles. The van der Waals surface area contributed by atoms with Gasteiger partial charge < -0.3 is 9.73 Å². The van der Waals surface area contributed by atoms with Gasteiger partial charge in [-0.05, 0) is 30.3 Å². The molecule has 0 saturated heterocycles. The Kier molecular flexibility index (Phi) is 4.42. The van der Waals surface area contributed by atoms with E-state index in [1.165, 1.54) is 5.56 Å². The molecule has 0 amide bonds. The molecule has 0 radical (unpaired) electrons. The zero-order valence-corrected chi connectivity index (χ0v) is 12.6. The van der Waals surface area contributed by atoms with Gasteiger partial charge in [0, 0.05) is 14.5 Å². The average Bonchev–Trinajstić information content (AvgIpc) is 2.80. The van der Waals surface area contributed by atoms with Crippen molar-refractivity contribution in [2.75, 3.05) is 6.54 Å². The van der Waals surface area contributed by atoms with Gasteiger partial charge in [0.25, 0.3) is 0 Å². The highest BCUT2D eigenvalue weighted by atomic mass is 79.9. The van der Waals surface area contributed by atoms with E-state index in [9.17, 15) is 0 Å². The van der Waals surface area contributed by atoms with E-state index in [0.29, 0.717) is 0 Å². The van der Waals surface area contributed by atoms with Crippen molar-refractivity contribution >= 4 is 31.9 Å². The first-order valence-electron chi connectivity index (χ1n) is 5.42. The molecule has 2 nitrogen and oxygen atoms in total. The first kappa shape index (κ1) is 12.9. The maximum Gasteiger partial charge on any atom is 0.0953 e. The van der Waals surface area contributed by atoms with Crippen LogP contribution in [-0.2, 0) is 0 Å². The number of rotatable bonds is 4. The lowest BCUT2D eigenvalue weighted by Crippen LogP contribution is -2.21. The van der Waals surface area contributed by atoms with E-state index in [2.05, 4.69) is 56.2 Å². The van der Waals surface area contributed by atoms with E-state index in [1.54, 1.807) is 12.5 Å². The average molecular weight is 359 g/mol. The monoisotopic (exact) mass is 357 g/mol. The first-order valence-corrected chi connectivity index (χ1v) is 7.01. The van der Waals surface area contributed by atoms with Crippen molar-refractivity contribution in [3.8, 4) is 0 Å². The van der Waals surface area contributed by atoms with Crippen molar-refractivity contribution in [1.82, 2.24) is 5.32 Å². The maximum absolute atomic E-state index is 5.16. The molecule has 0 spiro atoms. The van der Waals surface area contributed by atoms with Crippen LogP contribution in [0.3, 0.4) is 0 Å². The largest absolute Gasteiger partial charge is 0.472 e. The Morgan fingerprint density at radius 3 is 2.71 bits per heavy atom. The molecule has 1 N–H and O–H groups in total. The van der Waals surface area contributed by atoms with Gasteiger partial charge in [-0.1, -0.05) is 44.8 Å². The van der Waals surface area contributed by atoms with Crippen molar-refractivity contribution in [3.63, 3.8) is 0 Å². The number of halogens is 2. The highest BCUT2D eigenvalue weighted by Crippen LogP contribution is 2.30. The van der Waals surface area contributed by atoms with E-state index in [-0.39, 0.29) is 6.04 Å². The lowest BCUT2D eigenvalue weighted by atomic mass is 10.0. The molecule has 1 aromatic carbocycles. The van der Waals surface area contributed by atoms with E-state index < -0.39 is 0 Å². The number of hydrogen-bond donors (Lipinski definition) is 1. The summed E-state index contributed by atoms with van der Waals surface area (Å²) < 4.78 is 7.31. The summed E-state index contributed by atoms with van der Waals surface area (Å²) in [5, 5.41) is 3.46. The van der Waals surface area contributed by atoms with Gasteiger partial charge in [0.05, 0.1) is 18.6 Å². The third kappa shape index (κ3) is 3.00. The fourth-order valence-corrected chi connectivity index (χ4v) is 3.06. The normalized spacial score (nSPS) is 12.6. The molecule has 17 heavy (non-hydrogen) atoms. The minimum absolute atomic E-state index is 0.154. The van der Waals surface area contributed by atoms with Crippen LogP contribution in [-0.4, -0.2) is 6.54 Å². The summed E-state index contributed by atoms with van der Waals surface area (Å²) in [4.78, 5) is 0. The summed E-state index contributed by atoms with van der Waals surface area (Å²) in [6.45, 7) is 3.00. The maximum atomic E-state index is 5.16. The zero-order chi connectivity index (χ0) is 12.3. The molecule has 0 aliphatic heterocycles. The number of nitrogens with one attached hydrogen (secondary N) is 1. The molecule has 0 aliphatic rings. The van der Waals surface area contributed by atoms with Crippen LogP contribution in [0.5, 0.6) is 0 Å². The molecule has 90 valence electrons. The lowest BCUT2D eigenvalue weighted by molar-refractivity contribution is 0.552. The van der Waals surface area contributed by atoms with Crippen LogP contribution >= 0.6 is 31.9 Å². The zero-order valence-electron chi connectivity index (χ0n) is 9.41. The third-order valence-electron chi connectivity index (χ3n) is 2.56. The quantitative estimate of drug-likeness (QED) is 0.870. The van der Waals surface area contributed by atoms with Gasteiger partial charge in [0.1, 0.15) is 0 Å². The smallest absolute Gasteiger partial charge is 0.0953 e. The van der Waals surface area contributed by atoms with Crippen LogP contribution in [0.1, 0.15) is 24.1 Å². The second kappa shape index (κ2) is 5.85. The number of benzene rings is 1. The number of furan rings is 1. The Morgan fingerprint density at radius 1 is 1.29 bits per heavy atom. The molecule has 2 aromatic rings. The Hall–Kier alpha value is -0.580. The summed E-state index contributed by atoms with van der Waals surface area (Å²) in [5.41, 5.74) is 2.34. The van der Waals surface area contributed by atoms with Crippen molar-refractivity contribution in [2.45, 2.75) is 13.0 Å². The minimum Gasteiger partial charge on any atom is -0.472 e. The standard InChI is InChI=1S/C13H13Br2NO/c1-2-16-13(9-5-6-17-8-9)11-4-3-10(14)7-12(11)15/h3-8,13,16H,2H2,1H3. The van der Waals surface area contributed by atoms with Crippen molar-refractivity contribution in [1.29, 1.82) is 0 Å². The topological polar surface area (TPSA) is 25.2 Å². The Balaban J connectivity index is 2.39. The first-order chi connectivity index (χ1) is 8.22. The second-order valence-electron chi connectivity index (χ2n) is 3.71. The summed E-state index contributed by atoms with van der Waals surface area (Å²) >= 11 is 7.07. The molecular formula is C13H13Br2NO. The van der Waals surface area contributed by atoms with Gasteiger partial charge in [-0.2, -0.15) is 0 Å². The van der Waals surface area contributed by atoms with Gasteiger partial charge in [0.15, 0.2) is 0 Å². The van der Waals surface area contributed by atoms with Crippen LogP contribution in [0.15, 0.2) is 50.2 Å². The predicted octanol–water partition coefficient (Wildman–Crippen LogP) is 4.50. The number of hydrogen-bond acceptors (Lipinski definition) is 2. The molecule has 0 fully saturated rings. The molecule has 1 aromatic heterocycles. The van der Waals surface area contributed by atoms with Crippen LogP contribution < -0.4 is 5.32 Å². The van der Waals surface area contributed by atoms with E-state index in [0.717, 1.165) is 21.1 Å². The highest BCUT2D eigenvalue weighted by molar-refractivity contribution is 9.11. The summed E-state index contributed by atoms with van der Waals surface area (Å²) in [5.74, 6) is 0. The fourth-order valence-electron chi connectivity index (χ4n) is 1.79. The van der Waals surface area contributed by atoms with Crippen LogP contribution in [0.4, 0.5) is 0 Å². The minimum atomic E-state index is 0.154. The van der Waals surface area contributed by atoms with Gasteiger partial charge >= 0.3 is 0 Å². The predicted molar refractivity (Wildman–Crippen MR) is 76.1 cm³/mol. The molecule has 0 bridgehead atoms. The second-order valence-corrected chi connectivity index (χ2v) is 5.48. The molecule has 1 atom stereocenters. The SMILES string of the molecule is CCNC(c1ccoc1)c1ccc(Br)cc1Br. The highest BCUT2D eigenvalue weighted by Gasteiger charge is 2.16. The van der Waals surface area contributed by atoms with Gasteiger partial charge in [0.2, 0.25) is 0 Å². The fraction of sp³-hybridized carbons (Fsp3) is 0.231. The van der Waals surface area contributed by atoms with Crippen LogP contribution in [0.2, 0.25) is 0 Å². The third-order valence-corrected chi connectivity index (χ3v) is 3.74. The summed E-state index contributed by atoms with van der Waals surface area (Å²) in [7, 11) is 0. The molecule has 0 saturated carbocycles. The van der Waals surface area contributed by atoms with E-state index in [4.69, 9.17) is 4.42 Å². The Bertz CT molecular complexity index is 482. The Morgan fingerprint density at radius 2 is 2.12 bits per heavy atom. The van der Waals surface area contributed by atoms with E-state index >= 15 is 0 Å². The molecule has 1 unspecified atom stereocenters. The van der Waals surface area contributed by atoms with Crippen molar-refractivity contribution in [2.24, 2.45) is 0 Å². The van der Waals surface area contributed by atoms with Gasteiger partial charge in [-0.15, -0.1) is 0 Å². The Labute approximate surface area is 118 Å². The summed E-state index contributed by atoms with van der Waals surface area (Å²) in [6.07, 6.45) is 3.48.